The lowest BCUT2D eigenvalue weighted by molar-refractivity contribution is -0.113. The normalized spacial score (nSPS) is 17.7. The molecule has 0 aromatic heterocycles. The second-order valence-electron chi connectivity index (χ2n) is 5.08. The molecular formula is C17H12N2O3S. The molecule has 0 aliphatic carbocycles. The van der Waals surface area contributed by atoms with E-state index in [1.807, 2.05) is 30.3 Å². The molecule has 114 valence electrons. The number of thiocarbonyl (C=S) groups is 1. The van der Waals surface area contributed by atoms with Crippen LogP contribution in [0.5, 0.6) is 11.5 Å². The van der Waals surface area contributed by atoms with Crippen LogP contribution in [0.25, 0.3) is 6.08 Å². The molecule has 6 heteroatoms. The van der Waals surface area contributed by atoms with Crippen molar-refractivity contribution in [2.75, 3.05) is 11.7 Å². The summed E-state index contributed by atoms with van der Waals surface area (Å²) in [6.07, 6.45) is 1.78. The maximum atomic E-state index is 12.7. The monoisotopic (exact) mass is 324 g/mol. The number of fused-ring (bicyclic) bond motifs is 1. The van der Waals surface area contributed by atoms with Gasteiger partial charge in [0, 0.05) is 6.07 Å². The number of amides is 1. The summed E-state index contributed by atoms with van der Waals surface area (Å²) in [4.78, 5) is 14.1. The van der Waals surface area contributed by atoms with Crippen molar-refractivity contribution in [1.82, 2.24) is 5.32 Å². The van der Waals surface area contributed by atoms with Crippen molar-refractivity contribution in [3.63, 3.8) is 0 Å². The number of benzene rings is 2. The largest absolute Gasteiger partial charge is 0.454 e. The first-order valence-corrected chi connectivity index (χ1v) is 7.45. The van der Waals surface area contributed by atoms with E-state index >= 15 is 0 Å². The fourth-order valence-electron chi connectivity index (χ4n) is 2.51. The molecule has 0 unspecified atom stereocenters. The van der Waals surface area contributed by atoms with Crippen molar-refractivity contribution in [2.45, 2.75) is 0 Å². The van der Waals surface area contributed by atoms with Crippen molar-refractivity contribution < 1.29 is 14.3 Å². The lowest BCUT2D eigenvalue weighted by Gasteiger charge is -2.14. The van der Waals surface area contributed by atoms with Crippen LogP contribution in [-0.2, 0) is 4.79 Å². The Morgan fingerprint density at radius 1 is 1.09 bits per heavy atom. The first-order valence-electron chi connectivity index (χ1n) is 7.04. The molecule has 0 radical (unpaired) electrons. The zero-order chi connectivity index (χ0) is 15.8. The van der Waals surface area contributed by atoms with Gasteiger partial charge in [0.15, 0.2) is 16.6 Å². The Labute approximate surface area is 138 Å². The summed E-state index contributed by atoms with van der Waals surface area (Å²) in [7, 11) is 0. The quantitative estimate of drug-likeness (QED) is 0.680. The van der Waals surface area contributed by atoms with Gasteiger partial charge in [-0.25, -0.2) is 0 Å². The average molecular weight is 324 g/mol. The van der Waals surface area contributed by atoms with Crippen LogP contribution in [0.15, 0.2) is 54.2 Å². The number of hydrogen-bond acceptors (Lipinski definition) is 4. The predicted octanol–water partition coefficient (Wildman–Crippen LogP) is 2.68. The summed E-state index contributed by atoms with van der Waals surface area (Å²) in [6.45, 7) is 0.189. The molecular weight excluding hydrogens is 312 g/mol. The third-order valence-electron chi connectivity index (χ3n) is 3.60. The van der Waals surface area contributed by atoms with E-state index in [4.69, 9.17) is 21.7 Å². The highest BCUT2D eigenvalue weighted by Crippen LogP contribution is 2.36. The van der Waals surface area contributed by atoms with Gasteiger partial charge in [-0.1, -0.05) is 30.3 Å². The van der Waals surface area contributed by atoms with Gasteiger partial charge in [-0.15, -0.1) is 0 Å². The smallest absolute Gasteiger partial charge is 0.281 e. The maximum absolute atomic E-state index is 12.7. The zero-order valence-electron chi connectivity index (χ0n) is 12.0. The van der Waals surface area contributed by atoms with E-state index in [9.17, 15) is 4.79 Å². The van der Waals surface area contributed by atoms with Crippen molar-refractivity contribution in [3.8, 4) is 11.5 Å². The van der Waals surface area contributed by atoms with Gasteiger partial charge in [-0.05, 0) is 36.0 Å². The van der Waals surface area contributed by atoms with Crippen LogP contribution in [0.3, 0.4) is 0 Å². The highest BCUT2D eigenvalue weighted by atomic mass is 32.1. The first kappa shape index (κ1) is 13.8. The number of rotatable bonds is 2. The summed E-state index contributed by atoms with van der Waals surface area (Å²) in [5.74, 6) is 1.08. The van der Waals surface area contributed by atoms with E-state index < -0.39 is 0 Å². The second kappa shape index (κ2) is 5.40. The molecule has 0 atom stereocenters. The van der Waals surface area contributed by atoms with Gasteiger partial charge in [0.05, 0.1) is 5.69 Å². The lowest BCUT2D eigenvalue weighted by Crippen LogP contribution is -2.30. The summed E-state index contributed by atoms with van der Waals surface area (Å²) in [5.41, 5.74) is 2.02. The SMILES string of the molecule is O=C1C(=Cc2ccccc2)NC(=S)N1c1ccc2c(c1)OCO2. The Morgan fingerprint density at radius 3 is 2.70 bits per heavy atom. The Bertz CT molecular complexity index is 833. The van der Waals surface area contributed by atoms with Crippen LogP contribution in [0, 0.1) is 0 Å². The van der Waals surface area contributed by atoms with Crippen LogP contribution in [0.1, 0.15) is 5.56 Å². The first-order chi connectivity index (χ1) is 11.2. The topological polar surface area (TPSA) is 50.8 Å². The molecule has 2 aromatic carbocycles. The molecule has 23 heavy (non-hydrogen) atoms. The number of ether oxygens (including phenoxy) is 2. The highest BCUT2D eigenvalue weighted by Gasteiger charge is 2.32. The molecule has 4 rings (SSSR count). The summed E-state index contributed by atoms with van der Waals surface area (Å²) in [5, 5.41) is 3.31. The van der Waals surface area contributed by atoms with E-state index in [0.29, 0.717) is 28.0 Å². The molecule has 2 aliphatic rings. The third kappa shape index (κ3) is 2.43. The van der Waals surface area contributed by atoms with Crippen LogP contribution in [-0.4, -0.2) is 17.8 Å². The number of nitrogens with zero attached hydrogens (tertiary/aromatic N) is 1. The maximum Gasteiger partial charge on any atom is 0.281 e. The highest BCUT2D eigenvalue weighted by molar-refractivity contribution is 7.80. The minimum atomic E-state index is -0.197. The Kier molecular flexibility index (Phi) is 3.24. The lowest BCUT2D eigenvalue weighted by atomic mass is 10.2. The Morgan fingerprint density at radius 2 is 1.87 bits per heavy atom. The number of hydrogen-bond donors (Lipinski definition) is 1. The minimum absolute atomic E-state index is 0.189. The second-order valence-corrected chi connectivity index (χ2v) is 5.46. The van der Waals surface area contributed by atoms with Gasteiger partial charge in [-0.3, -0.25) is 9.69 Å². The molecule has 2 heterocycles. The van der Waals surface area contributed by atoms with Crippen molar-refractivity contribution >= 4 is 35.0 Å². The van der Waals surface area contributed by atoms with E-state index in [-0.39, 0.29) is 12.7 Å². The molecule has 5 nitrogen and oxygen atoms in total. The number of anilines is 1. The summed E-state index contributed by atoms with van der Waals surface area (Å²) >= 11 is 5.30. The average Bonchev–Trinajstić information content (AvgIpc) is 3.13. The van der Waals surface area contributed by atoms with Gasteiger partial charge in [0.25, 0.3) is 5.91 Å². The van der Waals surface area contributed by atoms with Gasteiger partial charge >= 0.3 is 0 Å². The molecule has 0 saturated carbocycles. The minimum Gasteiger partial charge on any atom is -0.454 e. The van der Waals surface area contributed by atoms with Gasteiger partial charge in [0.2, 0.25) is 6.79 Å². The van der Waals surface area contributed by atoms with Crippen LogP contribution < -0.4 is 19.7 Å². The van der Waals surface area contributed by atoms with Gasteiger partial charge in [-0.2, -0.15) is 0 Å². The molecule has 2 aromatic rings. The molecule has 0 bridgehead atoms. The van der Waals surface area contributed by atoms with Gasteiger partial charge in [0.1, 0.15) is 5.70 Å². The number of carbonyl (C=O) groups is 1. The standard InChI is InChI=1S/C17H12N2O3S/c20-16-13(8-11-4-2-1-3-5-11)18-17(23)19(16)12-6-7-14-15(9-12)22-10-21-14/h1-9H,10H2,(H,18,23). The third-order valence-corrected chi connectivity index (χ3v) is 3.89. The van der Waals surface area contributed by atoms with Crippen LogP contribution in [0.4, 0.5) is 5.69 Å². The Hall–Kier alpha value is -2.86. The molecule has 1 saturated heterocycles. The molecule has 1 fully saturated rings. The van der Waals surface area contributed by atoms with E-state index in [1.54, 1.807) is 24.3 Å². The zero-order valence-corrected chi connectivity index (χ0v) is 12.8. The molecule has 0 spiro atoms. The number of carbonyl (C=O) groups excluding carboxylic acids is 1. The van der Waals surface area contributed by atoms with E-state index in [0.717, 1.165) is 5.56 Å². The molecule has 1 N–H and O–H groups in total. The van der Waals surface area contributed by atoms with Crippen molar-refractivity contribution in [2.24, 2.45) is 0 Å². The fourth-order valence-corrected chi connectivity index (χ4v) is 2.81. The molecule has 1 amide bonds. The Balaban J connectivity index is 1.67. The summed E-state index contributed by atoms with van der Waals surface area (Å²) < 4.78 is 10.6. The van der Waals surface area contributed by atoms with E-state index in [2.05, 4.69) is 5.32 Å². The molecule has 2 aliphatic heterocycles. The number of nitrogens with one attached hydrogen (secondary N) is 1. The van der Waals surface area contributed by atoms with Crippen molar-refractivity contribution in [3.05, 3.63) is 59.8 Å². The van der Waals surface area contributed by atoms with E-state index in [1.165, 1.54) is 4.90 Å². The van der Waals surface area contributed by atoms with Crippen LogP contribution in [0.2, 0.25) is 0 Å². The summed E-state index contributed by atoms with van der Waals surface area (Å²) in [6, 6.07) is 14.9. The fraction of sp³-hybridized carbons (Fsp3) is 0.0588. The van der Waals surface area contributed by atoms with Gasteiger partial charge < -0.3 is 14.8 Å². The van der Waals surface area contributed by atoms with Crippen molar-refractivity contribution in [1.29, 1.82) is 0 Å². The predicted molar refractivity (Wildman–Crippen MR) is 90.2 cm³/mol. The van der Waals surface area contributed by atoms with Crippen LogP contribution >= 0.6 is 12.2 Å².